The van der Waals surface area contributed by atoms with Gasteiger partial charge in [-0.2, -0.15) is 0 Å². The lowest BCUT2D eigenvalue weighted by molar-refractivity contribution is -0.139. The molecule has 0 bridgehead atoms. The van der Waals surface area contributed by atoms with Crippen LogP contribution in [0.5, 0.6) is 0 Å². The summed E-state index contributed by atoms with van der Waals surface area (Å²) >= 11 is 0. The minimum absolute atomic E-state index is 0.315. The molecule has 0 heterocycles. The molecule has 17 heteroatoms. The van der Waals surface area contributed by atoms with Gasteiger partial charge in [0, 0.05) is 86.2 Å². The van der Waals surface area contributed by atoms with Crippen molar-refractivity contribution in [3.05, 3.63) is 37.0 Å². The average Bonchev–Trinajstić information content (AvgIpc) is 3.07. The first-order valence-corrected chi connectivity index (χ1v) is 20.8. The van der Waals surface area contributed by atoms with Crippen molar-refractivity contribution in [2.24, 2.45) is 0 Å². The minimum Gasteiger partial charge on any atom is -0.463 e. The Morgan fingerprint density at radius 3 is 1.11 bits per heavy atom. The molecule has 0 rings (SSSR count). The number of rotatable bonds is 23. The van der Waals surface area contributed by atoms with Gasteiger partial charge in [-0.3, -0.25) is 0 Å². The lowest BCUT2D eigenvalue weighted by Crippen LogP contribution is -2.42. The molecule has 0 aromatic heterocycles. The number of carbonyl (C=O) groups excluding carboxylic acids is 3. The lowest BCUT2D eigenvalue weighted by atomic mass is 10.4. The van der Waals surface area contributed by atoms with E-state index in [9.17, 15) is 14.4 Å². The van der Waals surface area contributed by atoms with E-state index in [-0.39, 0.29) is 11.9 Å². The fourth-order valence-electron chi connectivity index (χ4n) is 3.18. The molecule has 46 heavy (non-hydrogen) atoms. The summed E-state index contributed by atoms with van der Waals surface area (Å²) in [6.45, 7) is 16.5. The van der Waals surface area contributed by atoms with Crippen molar-refractivity contribution in [1.29, 1.82) is 0 Å². The predicted molar refractivity (Wildman–Crippen MR) is 180 cm³/mol. The smallest absolute Gasteiger partial charge is 0.463 e. The molecule has 14 nitrogen and oxygen atoms in total. The van der Waals surface area contributed by atoms with Crippen molar-refractivity contribution in [1.82, 2.24) is 0 Å². The normalized spacial score (nSPS) is 11.2. The Bertz CT molecular complexity index is 872. The number of carbonyl (C=O) groups is 3. The molecule has 0 aromatic carbocycles. The third-order valence-electron chi connectivity index (χ3n) is 6.33. The van der Waals surface area contributed by atoms with E-state index in [1.54, 1.807) is 70.7 Å². The van der Waals surface area contributed by atoms with Gasteiger partial charge >= 0.3 is 44.1 Å². The van der Waals surface area contributed by atoms with E-state index in [1.165, 1.54) is 0 Å². The van der Waals surface area contributed by atoms with E-state index in [1.807, 2.05) is 6.55 Å². The largest absolute Gasteiger partial charge is 0.500 e. The highest BCUT2D eigenvalue weighted by atomic mass is 28.4. The zero-order chi connectivity index (χ0) is 36.2. The summed E-state index contributed by atoms with van der Waals surface area (Å²) in [6.07, 6.45) is 3.17. The van der Waals surface area contributed by atoms with E-state index >= 15 is 0 Å². The van der Waals surface area contributed by atoms with Crippen LogP contribution in [0.3, 0.4) is 0 Å². The zero-order valence-corrected chi connectivity index (χ0v) is 32.8. The molecule has 0 N–H and O–H groups in total. The van der Waals surface area contributed by atoms with Gasteiger partial charge < -0.3 is 49.6 Å². The Labute approximate surface area is 279 Å². The number of esters is 3. The van der Waals surface area contributed by atoms with Crippen LogP contribution >= 0.6 is 0 Å². The van der Waals surface area contributed by atoms with Crippen LogP contribution in [0.2, 0.25) is 24.7 Å². The molecule has 0 radical (unpaired) electrons. The SMILES string of the molecule is C=C(C)C(=O)OCCC[Si](C)(OC)OC.C=C(C)C(=O)OCCC[Si](OC)(OC)OC.C=CC(=O)OCCC[Si](OC)(OC)OC. The third kappa shape index (κ3) is 22.5. The van der Waals surface area contributed by atoms with Gasteiger partial charge in [0.05, 0.1) is 19.8 Å². The van der Waals surface area contributed by atoms with Crippen LogP contribution in [0.15, 0.2) is 37.0 Å². The van der Waals surface area contributed by atoms with Gasteiger partial charge in [0.1, 0.15) is 0 Å². The summed E-state index contributed by atoms with van der Waals surface area (Å²) in [7, 11) is 5.56. The molecule has 0 fully saturated rings. The Morgan fingerprint density at radius 1 is 0.543 bits per heavy atom. The van der Waals surface area contributed by atoms with Gasteiger partial charge in [0.15, 0.2) is 0 Å². The molecular formula is C29H58O14Si3. The van der Waals surface area contributed by atoms with Crippen molar-refractivity contribution in [2.75, 3.05) is 76.7 Å². The molecule has 0 unspecified atom stereocenters. The maximum Gasteiger partial charge on any atom is 0.500 e. The quantitative estimate of drug-likeness (QED) is 0.0488. The summed E-state index contributed by atoms with van der Waals surface area (Å²) in [5.41, 5.74) is 0.822. The monoisotopic (exact) mass is 714 g/mol. The van der Waals surface area contributed by atoms with Crippen LogP contribution < -0.4 is 0 Å². The zero-order valence-electron chi connectivity index (χ0n) is 29.8. The Balaban J connectivity index is -0.000000603. The van der Waals surface area contributed by atoms with E-state index in [0.717, 1.165) is 18.5 Å². The Morgan fingerprint density at radius 2 is 0.848 bits per heavy atom. The first-order chi connectivity index (χ1) is 21.6. The van der Waals surface area contributed by atoms with Crippen molar-refractivity contribution >= 4 is 44.1 Å². The number of ether oxygens (including phenoxy) is 3. The van der Waals surface area contributed by atoms with E-state index in [0.29, 0.717) is 55.9 Å². The van der Waals surface area contributed by atoms with Crippen LogP contribution in [0, 0.1) is 0 Å². The molecule has 0 aromatic rings. The lowest BCUT2D eigenvalue weighted by Gasteiger charge is -2.24. The maximum absolute atomic E-state index is 11.1. The highest BCUT2D eigenvalue weighted by Crippen LogP contribution is 2.16. The number of hydrogen-bond acceptors (Lipinski definition) is 14. The molecular weight excluding hydrogens is 657 g/mol. The first kappa shape index (κ1) is 48.4. The second-order valence-corrected chi connectivity index (χ2v) is 19.4. The second kappa shape index (κ2) is 28.0. The van der Waals surface area contributed by atoms with E-state index in [4.69, 9.17) is 49.6 Å². The highest BCUT2D eigenvalue weighted by Gasteiger charge is 2.37. The summed E-state index contributed by atoms with van der Waals surface area (Å²) in [6, 6.07) is 2.03. The Hall–Kier alpha value is -2.04. The molecule has 270 valence electrons. The molecule has 0 amide bonds. The third-order valence-corrected chi connectivity index (χ3v) is 15.0. The van der Waals surface area contributed by atoms with Crippen LogP contribution in [0.4, 0.5) is 0 Å². The van der Waals surface area contributed by atoms with E-state index in [2.05, 4.69) is 19.7 Å². The van der Waals surface area contributed by atoms with Crippen LogP contribution in [-0.2, 0) is 64.0 Å². The standard InChI is InChI=1S/C10H20O5Si.C10H20O4Si.C9H18O5Si/c1-9(2)10(11)15-7-6-8-16(12-3,13-4)14-5;1-9(2)10(11)14-7-6-8-15(5,12-3)13-4;1-5-9(10)14-7-6-8-15(11-2,12-3)13-4/h1,6-8H2,2-5H3;1,6-8H2,2-5H3;5H,1,6-8H2,2-4H3. The van der Waals surface area contributed by atoms with E-state index < -0.39 is 32.1 Å². The summed E-state index contributed by atoms with van der Waals surface area (Å²) in [4.78, 5) is 32.8. The molecule has 0 atom stereocenters. The van der Waals surface area contributed by atoms with Crippen molar-refractivity contribution < 1.29 is 64.0 Å². The molecule has 0 spiro atoms. The number of hydrogen-bond donors (Lipinski definition) is 0. The fraction of sp³-hybridized carbons (Fsp3) is 0.690. The molecule has 0 aliphatic heterocycles. The summed E-state index contributed by atoms with van der Waals surface area (Å²) in [5.74, 6) is -1.14. The van der Waals surface area contributed by atoms with Gasteiger partial charge in [-0.1, -0.05) is 19.7 Å². The topological polar surface area (TPSA) is 153 Å². The van der Waals surface area contributed by atoms with Crippen LogP contribution in [-0.4, -0.2) is 121 Å². The molecule has 0 saturated heterocycles. The predicted octanol–water partition coefficient (Wildman–Crippen LogP) is 4.22. The van der Waals surface area contributed by atoms with Crippen molar-refractivity contribution in [3.8, 4) is 0 Å². The van der Waals surface area contributed by atoms with Gasteiger partial charge in [-0.25, -0.2) is 14.4 Å². The van der Waals surface area contributed by atoms with Gasteiger partial charge in [0.25, 0.3) is 0 Å². The van der Waals surface area contributed by atoms with Crippen LogP contribution in [0.25, 0.3) is 0 Å². The maximum atomic E-state index is 11.1. The van der Waals surface area contributed by atoms with Crippen LogP contribution in [0.1, 0.15) is 33.1 Å². The summed E-state index contributed by atoms with van der Waals surface area (Å²) in [5, 5.41) is 0. The average molecular weight is 715 g/mol. The van der Waals surface area contributed by atoms with Crippen molar-refractivity contribution in [3.63, 3.8) is 0 Å². The minimum atomic E-state index is -2.53. The molecule has 0 aliphatic rings. The second-order valence-electron chi connectivity index (χ2n) is 9.65. The van der Waals surface area contributed by atoms with Gasteiger partial charge in [-0.05, 0) is 45.7 Å². The van der Waals surface area contributed by atoms with Gasteiger partial charge in [-0.15, -0.1) is 0 Å². The van der Waals surface area contributed by atoms with Gasteiger partial charge in [0.2, 0.25) is 0 Å². The fourth-order valence-corrected chi connectivity index (χ4v) is 7.92. The molecule has 0 saturated carbocycles. The molecule has 0 aliphatic carbocycles. The Kier molecular flexibility index (Phi) is 29.5. The summed E-state index contributed by atoms with van der Waals surface area (Å²) < 4.78 is 56.6. The van der Waals surface area contributed by atoms with Crippen molar-refractivity contribution in [2.45, 2.75) is 57.8 Å². The highest BCUT2D eigenvalue weighted by molar-refractivity contribution is 6.65. The first-order valence-electron chi connectivity index (χ1n) is 14.5.